The molecule has 294 valence electrons. The number of Topliss-reactive ketones (excluding diaryl/α,β-unsaturated/α-hetero) is 1. The summed E-state index contributed by atoms with van der Waals surface area (Å²) in [5.41, 5.74) is 25.6. The summed E-state index contributed by atoms with van der Waals surface area (Å²) in [6, 6.07) is 37.1. The molecule has 6 aromatic rings. The standard InChI is InChI=1S/C24H24N2O2.C14H16N2.C8H4Cl2O2.CH4/c1-15-12-19(8-10-22(15)25-4)20-9-11-23(16(2)13-20)26-24(28)21-7-5-6-18(14-21)17(3)27;1-9-7-11(3-5-13(9)15)12-4-6-14(16)10(2)8-12;9-7(11)5-2-1-3-6(4-5)8(10)12;/h5-14,25H,1-4H3,(H,26,28);3-8H,15-16H2,1-2H3;1-4H;1H4. The number of aryl methyl sites for hydroxylation is 4. The highest BCUT2D eigenvalue weighted by Crippen LogP contribution is 2.29. The van der Waals surface area contributed by atoms with Crippen molar-refractivity contribution in [2.45, 2.75) is 42.0 Å². The third kappa shape index (κ3) is 12.4. The number of anilines is 4. The third-order valence-electron chi connectivity index (χ3n) is 9.02. The Morgan fingerprint density at radius 1 is 0.491 bits per heavy atom. The minimum absolute atomic E-state index is 0. The number of hydrogen-bond acceptors (Lipinski definition) is 7. The van der Waals surface area contributed by atoms with Gasteiger partial charge in [-0.15, -0.1) is 0 Å². The van der Waals surface area contributed by atoms with E-state index in [0.717, 1.165) is 50.6 Å². The molecule has 0 aliphatic carbocycles. The SMILES string of the molecule is C.CNc1ccc(-c2ccc(NC(=O)c3cccc(C(C)=O)c3)c(C)c2)cc1C.Cc1cc(-c2ccc(N)c(C)c2)ccc1N.O=C(Cl)c1cccc(C(=O)Cl)c1. The predicted octanol–water partition coefficient (Wildman–Crippen LogP) is 11.7. The van der Waals surface area contributed by atoms with E-state index in [1.807, 2.05) is 64.2 Å². The maximum Gasteiger partial charge on any atom is 0.255 e. The molecule has 0 saturated carbocycles. The number of amides is 1. The van der Waals surface area contributed by atoms with Gasteiger partial charge in [-0.05, 0) is 169 Å². The van der Waals surface area contributed by atoms with Crippen LogP contribution in [0.1, 0.15) is 78.0 Å². The molecule has 0 bridgehead atoms. The summed E-state index contributed by atoms with van der Waals surface area (Å²) in [6.45, 7) is 9.57. The summed E-state index contributed by atoms with van der Waals surface area (Å²) in [7, 11) is 1.91. The third-order valence-corrected chi connectivity index (χ3v) is 9.46. The molecule has 0 unspecified atom stereocenters. The molecule has 0 heterocycles. The van der Waals surface area contributed by atoms with Gasteiger partial charge in [-0.3, -0.25) is 19.2 Å². The predicted molar refractivity (Wildman–Crippen MR) is 239 cm³/mol. The number of nitrogens with one attached hydrogen (secondary N) is 2. The first-order valence-electron chi connectivity index (χ1n) is 17.6. The zero-order valence-electron chi connectivity index (χ0n) is 32.1. The van der Waals surface area contributed by atoms with Crippen molar-refractivity contribution in [1.29, 1.82) is 0 Å². The summed E-state index contributed by atoms with van der Waals surface area (Å²) in [5, 5.41) is 4.91. The Morgan fingerprint density at radius 2 is 0.860 bits per heavy atom. The van der Waals surface area contributed by atoms with Crippen LogP contribution in [-0.2, 0) is 0 Å². The molecule has 0 radical (unpaired) electrons. The normalized spacial score (nSPS) is 10.0. The molecule has 0 saturated heterocycles. The number of halogens is 2. The first kappa shape index (κ1) is 45.2. The van der Waals surface area contributed by atoms with Crippen LogP contribution in [0.25, 0.3) is 22.3 Å². The zero-order valence-corrected chi connectivity index (χ0v) is 33.6. The number of hydrogen-bond donors (Lipinski definition) is 4. The fraction of sp³-hybridized carbons (Fsp3) is 0.149. The number of nitrogen functional groups attached to an aromatic ring is 2. The summed E-state index contributed by atoms with van der Waals surface area (Å²) >= 11 is 10.4. The highest BCUT2D eigenvalue weighted by atomic mass is 35.5. The molecule has 0 aromatic heterocycles. The van der Waals surface area contributed by atoms with Gasteiger partial charge < -0.3 is 22.1 Å². The average Bonchev–Trinajstić information content (AvgIpc) is 3.18. The van der Waals surface area contributed by atoms with Crippen LogP contribution in [0, 0.1) is 27.7 Å². The molecule has 0 spiro atoms. The van der Waals surface area contributed by atoms with Gasteiger partial charge in [0.05, 0.1) is 0 Å². The number of carbonyl (C=O) groups is 4. The van der Waals surface area contributed by atoms with Crippen LogP contribution in [0.15, 0.2) is 121 Å². The molecule has 0 aliphatic heterocycles. The van der Waals surface area contributed by atoms with Gasteiger partial charge in [-0.2, -0.15) is 0 Å². The van der Waals surface area contributed by atoms with E-state index in [0.29, 0.717) is 11.1 Å². The Labute approximate surface area is 345 Å². The van der Waals surface area contributed by atoms with Crippen molar-refractivity contribution in [2.75, 3.05) is 29.1 Å². The van der Waals surface area contributed by atoms with Crippen LogP contribution in [0.5, 0.6) is 0 Å². The number of carbonyl (C=O) groups excluding carboxylic acids is 4. The quantitative estimate of drug-likeness (QED) is 0.0681. The zero-order chi connectivity index (χ0) is 41.1. The number of ketones is 1. The van der Waals surface area contributed by atoms with Crippen molar-refractivity contribution in [1.82, 2.24) is 0 Å². The van der Waals surface area contributed by atoms with Crippen molar-refractivity contribution in [3.05, 3.63) is 166 Å². The second-order valence-electron chi connectivity index (χ2n) is 13.2. The molecule has 1 amide bonds. The van der Waals surface area contributed by atoms with Crippen LogP contribution < -0.4 is 22.1 Å². The van der Waals surface area contributed by atoms with Crippen LogP contribution in [0.2, 0.25) is 0 Å². The largest absolute Gasteiger partial charge is 0.399 e. The Balaban J connectivity index is 0.000000253. The van der Waals surface area contributed by atoms with Crippen molar-refractivity contribution in [2.24, 2.45) is 0 Å². The van der Waals surface area contributed by atoms with Crippen molar-refractivity contribution in [3.63, 3.8) is 0 Å². The molecule has 0 aliphatic rings. The topological polar surface area (TPSA) is 144 Å². The summed E-state index contributed by atoms with van der Waals surface area (Å²) < 4.78 is 0. The van der Waals surface area contributed by atoms with Crippen molar-refractivity contribution < 1.29 is 19.2 Å². The molecule has 0 fully saturated rings. The van der Waals surface area contributed by atoms with E-state index in [1.165, 1.54) is 41.8 Å². The maximum absolute atomic E-state index is 12.6. The van der Waals surface area contributed by atoms with Crippen LogP contribution in [-0.4, -0.2) is 29.2 Å². The summed E-state index contributed by atoms with van der Waals surface area (Å²) in [5.74, 6) is -0.289. The van der Waals surface area contributed by atoms with Gasteiger partial charge in [-0.25, -0.2) is 0 Å². The molecule has 57 heavy (non-hydrogen) atoms. The van der Waals surface area contributed by atoms with Gasteiger partial charge in [0.1, 0.15) is 0 Å². The minimum atomic E-state index is -0.602. The lowest BCUT2D eigenvalue weighted by Crippen LogP contribution is -2.13. The van der Waals surface area contributed by atoms with Crippen molar-refractivity contribution >= 4 is 68.1 Å². The van der Waals surface area contributed by atoms with E-state index in [2.05, 4.69) is 54.0 Å². The number of rotatable bonds is 8. The van der Waals surface area contributed by atoms with E-state index < -0.39 is 10.5 Å². The molecule has 10 heteroatoms. The fourth-order valence-electron chi connectivity index (χ4n) is 5.66. The molecule has 8 nitrogen and oxygen atoms in total. The lowest BCUT2D eigenvalue weighted by Gasteiger charge is -2.12. The highest BCUT2D eigenvalue weighted by molar-refractivity contribution is 6.69. The smallest absolute Gasteiger partial charge is 0.255 e. The molecular formula is C47H48Cl2N4O4. The molecule has 6 rings (SSSR count). The van der Waals surface area contributed by atoms with Crippen LogP contribution in [0.3, 0.4) is 0 Å². The monoisotopic (exact) mass is 802 g/mol. The van der Waals surface area contributed by atoms with Gasteiger partial charge in [0, 0.05) is 52.1 Å². The van der Waals surface area contributed by atoms with E-state index in [-0.39, 0.29) is 30.2 Å². The van der Waals surface area contributed by atoms with Gasteiger partial charge in [0.25, 0.3) is 16.4 Å². The lowest BCUT2D eigenvalue weighted by molar-refractivity contribution is 0.101. The Morgan fingerprint density at radius 3 is 1.25 bits per heavy atom. The van der Waals surface area contributed by atoms with E-state index in [4.69, 9.17) is 34.7 Å². The van der Waals surface area contributed by atoms with Gasteiger partial charge in [-0.1, -0.05) is 62.0 Å². The molecule has 6 aromatic carbocycles. The Bertz CT molecular complexity index is 2350. The summed E-state index contributed by atoms with van der Waals surface area (Å²) in [4.78, 5) is 45.4. The van der Waals surface area contributed by atoms with Crippen LogP contribution in [0.4, 0.5) is 22.7 Å². The first-order chi connectivity index (χ1) is 26.6. The van der Waals surface area contributed by atoms with Gasteiger partial charge >= 0.3 is 0 Å². The number of nitrogens with two attached hydrogens (primary N) is 2. The van der Waals surface area contributed by atoms with Gasteiger partial charge in [0.15, 0.2) is 5.78 Å². The van der Waals surface area contributed by atoms with Crippen molar-refractivity contribution in [3.8, 4) is 22.3 Å². The highest BCUT2D eigenvalue weighted by Gasteiger charge is 2.11. The second kappa shape index (κ2) is 20.6. The minimum Gasteiger partial charge on any atom is -0.399 e. The summed E-state index contributed by atoms with van der Waals surface area (Å²) in [6.07, 6.45) is 0. The molecule has 6 N–H and O–H groups in total. The molecular weight excluding hydrogens is 755 g/mol. The molecule has 0 atom stereocenters. The van der Waals surface area contributed by atoms with Crippen LogP contribution >= 0.6 is 23.2 Å². The Hall–Kier alpha value is -6.22. The Kier molecular flexibility index (Phi) is 16.3. The lowest BCUT2D eigenvalue weighted by atomic mass is 10.00. The van der Waals surface area contributed by atoms with E-state index >= 15 is 0 Å². The number of benzene rings is 6. The average molecular weight is 804 g/mol. The first-order valence-corrected chi connectivity index (χ1v) is 18.4. The maximum atomic E-state index is 12.6. The van der Waals surface area contributed by atoms with E-state index in [9.17, 15) is 19.2 Å². The second-order valence-corrected chi connectivity index (χ2v) is 13.9. The van der Waals surface area contributed by atoms with Gasteiger partial charge in [0.2, 0.25) is 0 Å². The van der Waals surface area contributed by atoms with E-state index in [1.54, 1.807) is 30.3 Å². The fourth-order valence-corrected chi connectivity index (χ4v) is 5.89.